The Labute approximate surface area is 128 Å². The molecule has 0 spiro atoms. The smallest absolute Gasteiger partial charge is 0.317 e. The van der Waals surface area contributed by atoms with E-state index in [0.717, 1.165) is 19.4 Å². The van der Waals surface area contributed by atoms with Crippen LogP contribution in [0.2, 0.25) is 5.02 Å². The molecule has 7 heteroatoms. The van der Waals surface area contributed by atoms with Crippen molar-refractivity contribution in [1.29, 1.82) is 5.26 Å². The molecule has 6 nitrogen and oxygen atoms in total. The van der Waals surface area contributed by atoms with E-state index in [0.29, 0.717) is 16.4 Å². The number of nitrogens with one attached hydrogen (secondary N) is 1. The number of hydrogen-bond donors (Lipinski definition) is 2. The largest absolute Gasteiger partial charge is 0.480 e. The van der Waals surface area contributed by atoms with Crippen LogP contribution in [0.15, 0.2) is 12.3 Å². The summed E-state index contributed by atoms with van der Waals surface area (Å²) in [5, 5.41) is 21.3. The predicted octanol–water partition coefficient (Wildman–Crippen LogP) is 1.96. The summed E-state index contributed by atoms with van der Waals surface area (Å²) >= 11 is 6.06. The van der Waals surface area contributed by atoms with Gasteiger partial charge in [0, 0.05) is 18.3 Å². The third kappa shape index (κ3) is 3.84. The molecular formula is C14H17ClN4O2. The first-order valence-corrected chi connectivity index (χ1v) is 7.19. The fourth-order valence-electron chi connectivity index (χ4n) is 2.48. The van der Waals surface area contributed by atoms with Gasteiger partial charge in [0.15, 0.2) is 0 Å². The standard InChI is InChI=1S/C14H17ClN4O2/c1-2-19(8-13(20)21)11-4-10(5-11)18-14-12(15)3-9(6-16)7-17-14/h3,7,10-11H,2,4-5,8H2,1H3,(H,17,18)(H,20,21). The molecule has 0 aliphatic heterocycles. The van der Waals surface area contributed by atoms with Gasteiger partial charge in [0.1, 0.15) is 11.9 Å². The third-order valence-electron chi connectivity index (χ3n) is 3.69. The van der Waals surface area contributed by atoms with E-state index in [1.54, 1.807) is 6.07 Å². The van der Waals surface area contributed by atoms with Crippen molar-refractivity contribution in [1.82, 2.24) is 9.88 Å². The maximum Gasteiger partial charge on any atom is 0.317 e. The molecule has 1 aliphatic carbocycles. The van der Waals surface area contributed by atoms with Crippen molar-refractivity contribution in [3.05, 3.63) is 22.8 Å². The molecule has 21 heavy (non-hydrogen) atoms. The van der Waals surface area contributed by atoms with Crippen molar-refractivity contribution in [2.45, 2.75) is 31.8 Å². The Bertz CT molecular complexity index is 567. The Morgan fingerprint density at radius 3 is 2.90 bits per heavy atom. The Balaban J connectivity index is 1.88. The van der Waals surface area contributed by atoms with E-state index in [-0.39, 0.29) is 18.6 Å². The molecule has 1 fully saturated rings. The number of likely N-dealkylation sites (N-methyl/N-ethyl adjacent to an activating group) is 1. The number of nitriles is 1. The Morgan fingerprint density at radius 1 is 1.67 bits per heavy atom. The number of anilines is 1. The number of pyridine rings is 1. The van der Waals surface area contributed by atoms with Crippen LogP contribution in [0.25, 0.3) is 0 Å². The van der Waals surface area contributed by atoms with E-state index in [2.05, 4.69) is 10.3 Å². The van der Waals surface area contributed by atoms with Crippen LogP contribution in [0.4, 0.5) is 5.82 Å². The zero-order chi connectivity index (χ0) is 15.4. The molecule has 0 radical (unpaired) electrons. The van der Waals surface area contributed by atoms with E-state index < -0.39 is 5.97 Å². The molecule has 2 rings (SSSR count). The Kier molecular flexibility index (Phi) is 4.99. The molecule has 0 atom stereocenters. The average molecular weight is 309 g/mol. The normalized spacial score (nSPS) is 20.7. The van der Waals surface area contributed by atoms with Crippen LogP contribution in [0.1, 0.15) is 25.3 Å². The lowest BCUT2D eigenvalue weighted by atomic mass is 9.85. The van der Waals surface area contributed by atoms with E-state index in [4.69, 9.17) is 22.0 Å². The molecule has 112 valence electrons. The summed E-state index contributed by atoms with van der Waals surface area (Å²) in [6.45, 7) is 2.76. The summed E-state index contributed by atoms with van der Waals surface area (Å²) in [5.41, 5.74) is 0.427. The minimum Gasteiger partial charge on any atom is -0.480 e. The minimum absolute atomic E-state index is 0.0732. The summed E-state index contributed by atoms with van der Waals surface area (Å²) in [7, 11) is 0. The van der Waals surface area contributed by atoms with Gasteiger partial charge in [-0.05, 0) is 25.5 Å². The lowest BCUT2D eigenvalue weighted by molar-refractivity contribution is -0.139. The van der Waals surface area contributed by atoms with Gasteiger partial charge in [-0.2, -0.15) is 5.26 Å². The van der Waals surface area contributed by atoms with Crippen LogP contribution >= 0.6 is 11.6 Å². The number of carboxylic acid groups (broad SMARTS) is 1. The summed E-state index contributed by atoms with van der Waals surface area (Å²) < 4.78 is 0. The first-order chi connectivity index (χ1) is 10.0. The number of aliphatic carboxylic acids is 1. The van der Waals surface area contributed by atoms with Crippen molar-refractivity contribution in [3.63, 3.8) is 0 Å². The predicted molar refractivity (Wildman–Crippen MR) is 79.3 cm³/mol. The Hall–Kier alpha value is -1.84. The Morgan fingerprint density at radius 2 is 2.38 bits per heavy atom. The van der Waals surface area contributed by atoms with Crippen molar-refractivity contribution in [3.8, 4) is 6.07 Å². The number of halogens is 1. The molecule has 1 aromatic rings. The fourth-order valence-corrected chi connectivity index (χ4v) is 2.70. The molecule has 0 saturated heterocycles. The number of rotatable bonds is 6. The summed E-state index contributed by atoms with van der Waals surface area (Å²) in [6.07, 6.45) is 3.20. The average Bonchev–Trinajstić information content (AvgIpc) is 2.41. The van der Waals surface area contributed by atoms with Crippen LogP contribution in [-0.2, 0) is 4.79 Å². The van der Waals surface area contributed by atoms with E-state index in [1.165, 1.54) is 6.20 Å². The molecule has 0 aromatic carbocycles. The second-order valence-electron chi connectivity index (χ2n) is 5.09. The van der Waals surface area contributed by atoms with Crippen LogP contribution in [0, 0.1) is 11.3 Å². The second kappa shape index (κ2) is 6.74. The van der Waals surface area contributed by atoms with Gasteiger partial charge in [0.2, 0.25) is 0 Å². The van der Waals surface area contributed by atoms with E-state index >= 15 is 0 Å². The zero-order valence-corrected chi connectivity index (χ0v) is 12.5. The van der Waals surface area contributed by atoms with Gasteiger partial charge in [-0.3, -0.25) is 9.69 Å². The number of carbonyl (C=O) groups is 1. The molecule has 1 aliphatic rings. The number of carboxylic acids is 1. The molecule has 0 amide bonds. The molecule has 0 unspecified atom stereocenters. The summed E-state index contributed by atoms with van der Waals surface area (Å²) in [5.74, 6) is -0.231. The van der Waals surface area contributed by atoms with Gasteiger partial charge in [-0.1, -0.05) is 18.5 Å². The molecule has 2 N–H and O–H groups in total. The first-order valence-electron chi connectivity index (χ1n) is 6.81. The topological polar surface area (TPSA) is 89.2 Å². The van der Waals surface area contributed by atoms with Crippen molar-refractivity contribution < 1.29 is 9.90 Å². The number of hydrogen-bond acceptors (Lipinski definition) is 5. The van der Waals surface area contributed by atoms with E-state index in [9.17, 15) is 4.79 Å². The van der Waals surface area contributed by atoms with Crippen LogP contribution in [0.5, 0.6) is 0 Å². The van der Waals surface area contributed by atoms with Crippen LogP contribution < -0.4 is 5.32 Å². The SMILES string of the molecule is CCN(CC(=O)O)C1CC(Nc2ncc(C#N)cc2Cl)C1. The van der Waals surface area contributed by atoms with Gasteiger partial charge in [0.25, 0.3) is 0 Å². The van der Waals surface area contributed by atoms with Crippen molar-refractivity contribution in [2.24, 2.45) is 0 Å². The van der Waals surface area contributed by atoms with Gasteiger partial charge in [-0.15, -0.1) is 0 Å². The second-order valence-corrected chi connectivity index (χ2v) is 5.50. The highest BCUT2D eigenvalue weighted by molar-refractivity contribution is 6.33. The maximum absolute atomic E-state index is 10.8. The van der Waals surface area contributed by atoms with Crippen molar-refractivity contribution in [2.75, 3.05) is 18.4 Å². The van der Waals surface area contributed by atoms with Gasteiger partial charge in [0.05, 0.1) is 17.1 Å². The highest BCUT2D eigenvalue weighted by atomic mass is 35.5. The quantitative estimate of drug-likeness (QED) is 0.835. The lowest BCUT2D eigenvalue weighted by Gasteiger charge is -2.42. The highest BCUT2D eigenvalue weighted by Gasteiger charge is 2.34. The molecule has 0 bridgehead atoms. The number of aromatic nitrogens is 1. The van der Waals surface area contributed by atoms with Gasteiger partial charge in [-0.25, -0.2) is 4.98 Å². The molecular weight excluding hydrogens is 292 g/mol. The number of nitrogens with zero attached hydrogens (tertiary/aromatic N) is 3. The maximum atomic E-state index is 10.8. The molecule has 1 heterocycles. The van der Waals surface area contributed by atoms with Crippen LogP contribution in [-0.4, -0.2) is 46.1 Å². The first kappa shape index (κ1) is 15.5. The zero-order valence-electron chi connectivity index (χ0n) is 11.7. The van der Waals surface area contributed by atoms with Gasteiger partial charge < -0.3 is 10.4 Å². The minimum atomic E-state index is -0.801. The monoisotopic (exact) mass is 308 g/mol. The lowest BCUT2D eigenvalue weighted by Crippen LogP contribution is -2.51. The summed E-state index contributed by atoms with van der Waals surface area (Å²) in [6, 6.07) is 4.08. The van der Waals surface area contributed by atoms with E-state index in [1.807, 2.05) is 17.9 Å². The van der Waals surface area contributed by atoms with Gasteiger partial charge >= 0.3 is 5.97 Å². The highest BCUT2D eigenvalue weighted by Crippen LogP contribution is 2.30. The van der Waals surface area contributed by atoms with Crippen molar-refractivity contribution >= 4 is 23.4 Å². The molecule has 1 aromatic heterocycles. The van der Waals surface area contributed by atoms with Crippen LogP contribution in [0.3, 0.4) is 0 Å². The fraction of sp³-hybridized carbons (Fsp3) is 0.500. The third-order valence-corrected chi connectivity index (χ3v) is 3.97. The molecule has 1 saturated carbocycles. The summed E-state index contributed by atoms with van der Waals surface area (Å²) in [4.78, 5) is 16.9.